The predicted molar refractivity (Wildman–Crippen MR) is 97.1 cm³/mol. The van der Waals surface area contributed by atoms with E-state index in [-0.39, 0.29) is 42.2 Å². The lowest BCUT2D eigenvalue weighted by Crippen LogP contribution is -2.43. The number of amides is 4. The molecule has 4 unspecified atom stereocenters. The molecule has 26 heavy (non-hydrogen) atoms. The molecule has 1 saturated carbocycles. The summed E-state index contributed by atoms with van der Waals surface area (Å²) in [5.41, 5.74) is 2.79. The van der Waals surface area contributed by atoms with Crippen LogP contribution in [-0.4, -0.2) is 29.4 Å². The zero-order valence-corrected chi connectivity index (χ0v) is 15.0. The molecule has 1 saturated heterocycles. The molecular formula is C20H23N3O3. The van der Waals surface area contributed by atoms with E-state index in [1.54, 1.807) is 0 Å². The Kier molecular flexibility index (Phi) is 4.05. The minimum atomic E-state index is -0.423. The van der Waals surface area contributed by atoms with E-state index in [9.17, 15) is 14.4 Å². The van der Waals surface area contributed by atoms with Crippen molar-refractivity contribution in [2.24, 2.45) is 23.7 Å². The van der Waals surface area contributed by atoms with Crippen LogP contribution in [0.2, 0.25) is 0 Å². The number of hydrogen-bond donors (Lipinski definition) is 2. The van der Waals surface area contributed by atoms with Crippen LogP contribution in [-0.2, 0) is 9.59 Å². The molecular weight excluding hydrogens is 330 g/mol. The molecule has 136 valence electrons. The van der Waals surface area contributed by atoms with Crippen LogP contribution in [0.15, 0.2) is 30.4 Å². The van der Waals surface area contributed by atoms with Gasteiger partial charge < -0.3 is 10.6 Å². The Balaban J connectivity index is 1.40. The Morgan fingerprint density at radius 1 is 1.08 bits per heavy atom. The van der Waals surface area contributed by atoms with Crippen LogP contribution in [0.4, 0.5) is 10.5 Å². The number of nitrogens with one attached hydrogen (secondary N) is 2. The molecule has 2 fully saturated rings. The number of hydrogen-bond acceptors (Lipinski definition) is 3. The maximum atomic E-state index is 12.7. The SMILES string of the molecule is Cc1ccc(NC(=O)NCN2C(=O)C3C4C=CC(CC4)C3C2=O)c(C)c1. The molecule has 6 nitrogen and oxygen atoms in total. The third kappa shape index (κ3) is 2.69. The summed E-state index contributed by atoms with van der Waals surface area (Å²) in [7, 11) is 0. The van der Waals surface area contributed by atoms with Crippen molar-refractivity contribution in [3.8, 4) is 0 Å². The molecule has 4 amide bonds. The Morgan fingerprint density at radius 3 is 2.23 bits per heavy atom. The molecule has 1 heterocycles. The lowest BCUT2D eigenvalue weighted by molar-refractivity contribution is -0.140. The Bertz CT molecular complexity index is 785. The second kappa shape index (κ2) is 6.27. The molecule has 3 aliphatic carbocycles. The zero-order chi connectivity index (χ0) is 18.4. The topological polar surface area (TPSA) is 78.5 Å². The van der Waals surface area contributed by atoms with E-state index in [0.29, 0.717) is 5.69 Å². The van der Waals surface area contributed by atoms with Crippen LogP contribution >= 0.6 is 0 Å². The molecule has 2 N–H and O–H groups in total. The number of allylic oxidation sites excluding steroid dienone is 2. The van der Waals surface area contributed by atoms with Crippen LogP contribution in [0, 0.1) is 37.5 Å². The first-order chi connectivity index (χ1) is 12.5. The highest BCUT2D eigenvalue weighted by molar-refractivity contribution is 6.06. The van der Waals surface area contributed by atoms with Gasteiger partial charge in [0, 0.05) is 5.69 Å². The van der Waals surface area contributed by atoms with E-state index in [1.165, 1.54) is 4.90 Å². The molecule has 1 aliphatic heterocycles. The van der Waals surface area contributed by atoms with Gasteiger partial charge in [0.15, 0.2) is 0 Å². The van der Waals surface area contributed by atoms with Crippen molar-refractivity contribution in [1.29, 1.82) is 0 Å². The Labute approximate surface area is 152 Å². The quantitative estimate of drug-likeness (QED) is 0.648. The van der Waals surface area contributed by atoms with Crippen molar-refractivity contribution in [2.75, 3.05) is 12.0 Å². The third-order valence-corrected chi connectivity index (χ3v) is 5.88. The van der Waals surface area contributed by atoms with Crippen LogP contribution in [0.1, 0.15) is 24.0 Å². The van der Waals surface area contributed by atoms with Crippen molar-refractivity contribution in [2.45, 2.75) is 26.7 Å². The van der Waals surface area contributed by atoms with Gasteiger partial charge >= 0.3 is 6.03 Å². The number of likely N-dealkylation sites (tertiary alicyclic amines) is 1. The first-order valence-corrected chi connectivity index (χ1v) is 9.11. The number of urea groups is 1. The highest BCUT2D eigenvalue weighted by atomic mass is 16.2. The lowest BCUT2D eigenvalue weighted by Gasteiger charge is -2.38. The molecule has 2 bridgehead atoms. The summed E-state index contributed by atoms with van der Waals surface area (Å²) >= 11 is 0. The number of fused-ring (bicyclic) bond motifs is 1. The smallest absolute Gasteiger partial charge is 0.320 e. The van der Waals surface area contributed by atoms with Gasteiger partial charge in [-0.1, -0.05) is 29.8 Å². The summed E-state index contributed by atoms with van der Waals surface area (Å²) in [6.07, 6.45) is 6.11. The van der Waals surface area contributed by atoms with Gasteiger partial charge in [-0.2, -0.15) is 0 Å². The zero-order valence-electron chi connectivity index (χ0n) is 15.0. The molecule has 4 aliphatic rings. The van der Waals surface area contributed by atoms with Crippen molar-refractivity contribution in [1.82, 2.24) is 10.2 Å². The second-order valence-electron chi connectivity index (χ2n) is 7.55. The predicted octanol–water partition coefficient (Wildman–Crippen LogP) is 2.58. The normalized spacial score (nSPS) is 29.1. The Hall–Kier alpha value is -2.63. The highest BCUT2D eigenvalue weighted by Crippen LogP contribution is 2.49. The lowest BCUT2D eigenvalue weighted by atomic mass is 9.63. The van der Waals surface area contributed by atoms with E-state index in [2.05, 4.69) is 22.8 Å². The van der Waals surface area contributed by atoms with Crippen LogP contribution in [0.5, 0.6) is 0 Å². The van der Waals surface area contributed by atoms with Gasteiger partial charge in [-0.3, -0.25) is 14.5 Å². The average Bonchev–Trinajstić information content (AvgIpc) is 2.90. The van der Waals surface area contributed by atoms with Gasteiger partial charge in [-0.05, 0) is 50.2 Å². The summed E-state index contributed by atoms with van der Waals surface area (Å²) in [6.45, 7) is 3.83. The molecule has 4 atom stereocenters. The van der Waals surface area contributed by atoms with Crippen molar-refractivity contribution >= 4 is 23.5 Å². The van der Waals surface area contributed by atoms with Gasteiger partial charge in [0.1, 0.15) is 6.67 Å². The van der Waals surface area contributed by atoms with Crippen molar-refractivity contribution in [3.63, 3.8) is 0 Å². The van der Waals surface area contributed by atoms with Crippen LogP contribution in [0.25, 0.3) is 0 Å². The molecule has 6 heteroatoms. The minimum absolute atomic E-state index is 0.0825. The van der Waals surface area contributed by atoms with Crippen LogP contribution in [0.3, 0.4) is 0 Å². The number of carbonyl (C=O) groups excluding carboxylic acids is 3. The van der Waals surface area contributed by atoms with Crippen molar-refractivity contribution in [3.05, 3.63) is 41.5 Å². The number of aryl methyl sites for hydroxylation is 2. The van der Waals surface area contributed by atoms with Crippen molar-refractivity contribution < 1.29 is 14.4 Å². The van der Waals surface area contributed by atoms with Gasteiger partial charge in [0.2, 0.25) is 11.8 Å². The fourth-order valence-electron chi connectivity index (χ4n) is 4.56. The molecule has 0 radical (unpaired) electrons. The summed E-state index contributed by atoms with van der Waals surface area (Å²) in [6, 6.07) is 5.32. The van der Waals surface area contributed by atoms with E-state index in [1.807, 2.05) is 32.0 Å². The average molecular weight is 353 g/mol. The van der Waals surface area contributed by atoms with Gasteiger partial charge in [0.05, 0.1) is 11.8 Å². The van der Waals surface area contributed by atoms with Crippen LogP contribution < -0.4 is 10.6 Å². The van der Waals surface area contributed by atoms with E-state index >= 15 is 0 Å². The van der Waals surface area contributed by atoms with E-state index in [4.69, 9.17) is 0 Å². The van der Waals surface area contributed by atoms with E-state index in [0.717, 1.165) is 24.0 Å². The Morgan fingerprint density at radius 2 is 1.69 bits per heavy atom. The second-order valence-corrected chi connectivity index (χ2v) is 7.55. The number of carbonyl (C=O) groups is 3. The first kappa shape index (κ1) is 16.8. The van der Waals surface area contributed by atoms with E-state index < -0.39 is 6.03 Å². The first-order valence-electron chi connectivity index (χ1n) is 9.11. The fraction of sp³-hybridized carbons (Fsp3) is 0.450. The minimum Gasteiger partial charge on any atom is -0.320 e. The molecule has 0 spiro atoms. The summed E-state index contributed by atoms with van der Waals surface area (Å²) in [4.78, 5) is 38.8. The van der Waals surface area contributed by atoms with Gasteiger partial charge in [-0.15, -0.1) is 0 Å². The number of nitrogens with zero attached hydrogens (tertiary/aromatic N) is 1. The molecule has 0 aromatic heterocycles. The largest absolute Gasteiger partial charge is 0.320 e. The number of rotatable bonds is 3. The highest BCUT2D eigenvalue weighted by Gasteiger charge is 2.56. The maximum Gasteiger partial charge on any atom is 0.320 e. The molecule has 5 rings (SSSR count). The number of benzene rings is 1. The monoisotopic (exact) mass is 353 g/mol. The summed E-state index contributed by atoms with van der Waals surface area (Å²) in [5, 5.41) is 5.42. The number of anilines is 1. The summed E-state index contributed by atoms with van der Waals surface area (Å²) < 4.78 is 0. The number of imide groups is 1. The van der Waals surface area contributed by atoms with Gasteiger partial charge in [-0.25, -0.2) is 4.79 Å². The maximum absolute atomic E-state index is 12.7. The fourth-order valence-corrected chi connectivity index (χ4v) is 4.56. The van der Waals surface area contributed by atoms with Gasteiger partial charge in [0.25, 0.3) is 0 Å². The molecule has 1 aromatic rings. The third-order valence-electron chi connectivity index (χ3n) is 5.88. The molecule has 1 aromatic carbocycles. The standard InChI is InChI=1S/C20H23N3O3/c1-11-3-8-15(12(2)9-11)22-20(26)21-10-23-18(24)16-13-4-5-14(7-6-13)17(16)19(23)25/h3-5,8-9,13-14,16-17H,6-7,10H2,1-2H3,(H2,21,22,26). The summed E-state index contributed by atoms with van der Waals surface area (Å²) in [5.74, 6) is -0.450.